The summed E-state index contributed by atoms with van der Waals surface area (Å²) in [6, 6.07) is 7.19. The van der Waals surface area contributed by atoms with Crippen LogP contribution in [0.1, 0.15) is 74.7 Å². The van der Waals surface area contributed by atoms with Gasteiger partial charge in [-0.25, -0.2) is 9.78 Å². The lowest BCUT2D eigenvalue weighted by molar-refractivity contribution is -0.170. The highest BCUT2D eigenvalue weighted by molar-refractivity contribution is 5.90. The van der Waals surface area contributed by atoms with Crippen molar-refractivity contribution in [2.45, 2.75) is 82.5 Å². The number of likely N-dealkylation sites (tertiary alicyclic amines) is 1. The van der Waals surface area contributed by atoms with E-state index in [0.29, 0.717) is 12.0 Å². The number of benzene rings is 1. The third-order valence-electron chi connectivity index (χ3n) is 8.71. The Kier molecular flexibility index (Phi) is 10.1. The number of hydrogen-bond donors (Lipinski definition) is 6. The number of carboxylic acid groups (broad SMARTS) is 3. The number of rotatable bonds is 11. The average molecular weight is 612 g/mol. The number of carboxylic acids is 3. The van der Waals surface area contributed by atoms with Gasteiger partial charge < -0.3 is 40.2 Å². The van der Waals surface area contributed by atoms with Gasteiger partial charge in [0.25, 0.3) is 0 Å². The molecule has 1 aromatic carbocycles. The number of piperidine rings is 1. The summed E-state index contributed by atoms with van der Waals surface area (Å²) in [7, 11) is 2.19. The molecule has 2 aliphatic rings. The van der Waals surface area contributed by atoms with Crippen molar-refractivity contribution in [1.29, 1.82) is 0 Å². The molecule has 0 saturated carbocycles. The van der Waals surface area contributed by atoms with Crippen molar-refractivity contribution in [3.63, 3.8) is 0 Å². The predicted molar refractivity (Wildman–Crippen MR) is 160 cm³/mol. The third kappa shape index (κ3) is 6.94. The molecule has 1 aliphatic carbocycles. The molecule has 1 aliphatic heterocycles. The average Bonchev–Trinajstić information content (AvgIpc) is 3.62. The molecule has 6 N–H and O–H groups in total. The molecule has 0 spiro atoms. The van der Waals surface area contributed by atoms with Crippen molar-refractivity contribution in [3.05, 3.63) is 53.7 Å². The lowest BCUT2D eigenvalue weighted by Crippen LogP contribution is -2.51. The number of aliphatic carboxylic acids is 3. The van der Waals surface area contributed by atoms with Crippen molar-refractivity contribution in [2.24, 2.45) is 5.92 Å². The number of nitrogens with zero attached hydrogens (tertiary/aromatic N) is 3. The second-order valence-corrected chi connectivity index (χ2v) is 11.8. The molecule has 3 heterocycles. The highest BCUT2D eigenvalue weighted by Gasteiger charge is 2.42. The van der Waals surface area contributed by atoms with Gasteiger partial charge in [0.05, 0.1) is 43.0 Å². The number of amides is 1. The maximum absolute atomic E-state index is 13.4. The summed E-state index contributed by atoms with van der Waals surface area (Å²) in [5, 5.41) is 38.6. The van der Waals surface area contributed by atoms with Crippen molar-refractivity contribution in [2.75, 3.05) is 13.6 Å². The Morgan fingerprint density at radius 2 is 1.84 bits per heavy atom. The number of carbonyl (C=O) groups excluding carboxylic acids is 1. The Balaban J connectivity index is 0.000000289. The fourth-order valence-electron chi connectivity index (χ4n) is 6.63. The van der Waals surface area contributed by atoms with Gasteiger partial charge in [0.2, 0.25) is 5.91 Å². The molecule has 13 nitrogen and oxygen atoms in total. The van der Waals surface area contributed by atoms with E-state index in [1.54, 1.807) is 6.33 Å². The van der Waals surface area contributed by atoms with Gasteiger partial charge in [-0.05, 0) is 50.4 Å². The summed E-state index contributed by atoms with van der Waals surface area (Å²) in [5.74, 6) is -4.45. The van der Waals surface area contributed by atoms with Crippen molar-refractivity contribution in [1.82, 2.24) is 24.8 Å². The van der Waals surface area contributed by atoms with Gasteiger partial charge in [-0.2, -0.15) is 0 Å². The zero-order valence-corrected chi connectivity index (χ0v) is 25.2. The maximum atomic E-state index is 13.4. The topological polar surface area (TPSA) is 198 Å². The Morgan fingerprint density at radius 1 is 1.14 bits per heavy atom. The van der Waals surface area contributed by atoms with E-state index in [4.69, 9.17) is 20.4 Å². The maximum Gasteiger partial charge on any atom is 0.336 e. The molecule has 1 unspecified atom stereocenters. The summed E-state index contributed by atoms with van der Waals surface area (Å²) in [6.45, 7) is 6.16. The number of aliphatic hydroxyl groups is 1. The molecule has 1 saturated heterocycles. The minimum absolute atomic E-state index is 0.00130. The van der Waals surface area contributed by atoms with Gasteiger partial charge in [0, 0.05) is 42.1 Å². The predicted octanol–water partition coefficient (Wildman–Crippen LogP) is 2.75. The molecular weight excluding hydrogens is 570 g/mol. The Morgan fingerprint density at radius 3 is 2.41 bits per heavy atom. The monoisotopic (exact) mass is 611 g/mol. The van der Waals surface area contributed by atoms with E-state index in [0.717, 1.165) is 44.5 Å². The first kappa shape index (κ1) is 32.7. The van der Waals surface area contributed by atoms with E-state index in [9.17, 15) is 19.2 Å². The van der Waals surface area contributed by atoms with E-state index >= 15 is 0 Å². The molecular formula is C31H41N5O8. The van der Waals surface area contributed by atoms with Crippen LogP contribution in [0, 0.1) is 5.92 Å². The van der Waals surface area contributed by atoms with Gasteiger partial charge in [0.1, 0.15) is 0 Å². The van der Waals surface area contributed by atoms with E-state index in [1.165, 1.54) is 22.0 Å². The van der Waals surface area contributed by atoms with E-state index in [1.807, 2.05) is 6.20 Å². The van der Waals surface area contributed by atoms with Crippen LogP contribution in [-0.2, 0) is 32.1 Å². The molecule has 5 rings (SSSR count). The fraction of sp³-hybridized carbons (Fsp3) is 0.516. The number of nitrogens with one attached hydrogen (secondary N) is 2. The van der Waals surface area contributed by atoms with Crippen LogP contribution in [0.4, 0.5) is 0 Å². The molecule has 2 aromatic heterocycles. The first-order chi connectivity index (χ1) is 20.9. The Hall–Kier alpha value is -4.23. The van der Waals surface area contributed by atoms with E-state index in [2.05, 4.69) is 70.0 Å². The molecule has 1 fully saturated rings. The number of aromatic amines is 1. The smallest absolute Gasteiger partial charge is 0.336 e. The number of imidazole rings is 1. The van der Waals surface area contributed by atoms with Gasteiger partial charge >= 0.3 is 17.9 Å². The molecule has 238 valence electrons. The first-order valence-electron chi connectivity index (χ1n) is 14.9. The summed E-state index contributed by atoms with van der Waals surface area (Å²) in [4.78, 5) is 53.6. The zero-order chi connectivity index (χ0) is 32.2. The second kappa shape index (κ2) is 13.6. The van der Waals surface area contributed by atoms with Gasteiger partial charge in [-0.1, -0.05) is 25.5 Å². The number of carbonyl (C=O) groups is 4. The molecule has 0 radical (unpaired) electrons. The van der Waals surface area contributed by atoms with Crippen LogP contribution < -0.4 is 5.32 Å². The zero-order valence-electron chi connectivity index (χ0n) is 25.2. The molecule has 4 atom stereocenters. The summed E-state index contributed by atoms with van der Waals surface area (Å²) in [5.41, 5.74) is 2.48. The van der Waals surface area contributed by atoms with Gasteiger partial charge in [-0.3, -0.25) is 14.4 Å². The first-order valence-corrected chi connectivity index (χ1v) is 14.9. The number of aryl methyl sites for hydroxylation is 1. The highest BCUT2D eigenvalue weighted by Crippen LogP contribution is 2.45. The van der Waals surface area contributed by atoms with Crippen LogP contribution in [0.3, 0.4) is 0 Å². The quantitative estimate of drug-likeness (QED) is 0.187. The van der Waals surface area contributed by atoms with Crippen molar-refractivity contribution in [3.8, 4) is 0 Å². The van der Waals surface area contributed by atoms with Crippen LogP contribution in [0.15, 0.2) is 36.9 Å². The van der Waals surface area contributed by atoms with E-state index in [-0.39, 0.29) is 17.9 Å². The van der Waals surface area contributed by atoms with Gasteiger partial charge in [-0.15, -0.1) is 0 Å². The molecule has 0 bridgehead atoms. The molecule has 3 aromatic rings. The summed E-state index contributed by atoms with van der Waals surface area (Å²) >= 11 is 0. The standard InChI is InChI=1S/C25H33N5O.C6H8O7/c1-4-7-20(21-12-26-15-27-21)28-25(31)17-10-19-18-8-6-9-22-24(18)16(14-30(22)5-2)11-23(19)29(3)13-17;7-3(8)1-6(13,5(11)12)2-4(9)10/h6,8-9,12,14-15,17,19-20,23H,4-5,7,10-11,13H2,1-3H3,(H,26,27)(H,28,31);13H,1-2H2,(H,7,8)(H,9,10)(H,11,12)/t17-,19-,20?,23-;/m1./s1. The summed E-state index contributed by atoms with van der Waals surface area (Å²) in [6.07, 6.45) is 7.48. The van der Waals surface area contributed by atoms with Crippen LogP contribution >= 0.6 is 0 Å². The highest BCUT2D eigenvalue weighted by atomic mass is 16.4. The van der Waals surface area contributed by atoms with Crippen LogP contribution in [0.5, 0.6) is 0 Å². The minimum Gasteiger partial charge on any atom is -0.481 e. The fourth-order valence-corrected chi connectivity index (χ4v) is 6.63. The molecule has 1 amide bonds. The van der Waals surface area contributed by atoms with Crippen LogP contribution in [0.2, 0.25) is 0 Å². The Labute approximate surface area is 254 Å². The Bertz CT molecular complexity index is 1480. The summed E-state index contributed by atoms with van der Waals surface area (Å²) < 4.78 is 2.37. The third-order valence-corrected chi connectivity index (χ3v) is 8.71. The molecule has 13 heteroatoms. The van der Waals surface area contributed by atoms with Crippen LogP contribution in [0.25, 0.3) is 10.9 Å². The van der Waals surface area contributed by atoms with Crippen molar-refractivity contribution < 1.29 is 39.6 Å². The number of hydrogen-bond acceptors (Lipinski definition) is 7. The normalized spacial score (nSPS) is 20.2. The number of fused-ring (bicyclic) bond motifs is 2. The lowest BCUT2D eigenvalue weighted by Gasteiger charge is -2.45. The van der Waals surface area contributed by atoms with E-state index < -0.39 is 36.4 Å². The van der Waals surface area contributed by atoms with Gasteiger partial charge in [0.15, 0.2) is 5.60 Å². The number of H-pyrrole nitrogens is 1. The number of aromatic nitrogens is 3. The van der Waals surface area contributed by atoms with Crippen molar-refractivity contribution >= 4 is 34.7 Å². The van der Waals surface area contributed by atoms with Crippen LogP contribution in [-0.4, -0.2) is 88.9 Å². The lowest BCUT2D eigenvalue weighted by atomic mass is 9.72. The largest absolute Gasteiger partial charge is 0.481 e. The SMILES string of the molecule is CCCC(NC(=O)[C@@H]1C[C@@H]2c3cccc4c3c(cn4CC)C[C@H]2N(C)C1)c1cnc[nH]1.O=C(O)CC(O)(CC(=O)O)C(=O)O. The minimum atomic E-state index is -2.74. The second-order valence-electron chi connectivity index (χ2n) is 11.8. The molecule has 44 heavy (non-hydrogen) atoms. The number of likely N-dealkylation sites (N-methyl/N-ethyl adjacent to an activating group) is 1.